The van der Waals surface area contributed by atoms with Crippen molar-refractivity contribution in [3.05, 3.63) is 35.5 Å². The van der Waals surface area contributed by atoms with Gasteiger partial charge in [-0.15, -0.1) is 0 Å². The third-order valence-electron chi connectivity index (χ3n) is 3.75. The molecular formula is C15H21N5O4. The second kappa shape index (κ2) is 8.37. The molecule has 0 bridgehead atoms. The zero-order valence-corrected chi connectivity index (χ0v) is 13.4. The summed E-state index contributed by atoms with van der Waals surface area (Å²) < 4.78 is 5.23. The highest BCUT2D eigenvalue weighted by Gasteiger charge is 2.32. The van der Waals surface area contributed by atoms with Crippen LogP contribution in [0.5, 0.6) is 0 Å². The van der Waals surface area contributed by atoms with Gasteiger partial charge in [-0.25, -0.2) is 9.97 Å². The Morgan fingerprint density at radius 3 is 2.67 bits per heavy atom. The van der Waals surface area contributed by atoms with E-state index in [4.69, 9.17) is 20.2 Å². The maximum Gasteiger partial charge on any atom is 0.290 e. The molecule has 1 fully saturated rings. The molecule has 0 saturated carbocycles. The van der Waals surface area contributed by atoms with Crippen molar-refractivity contribution in [1.29, 1.82) is 0 Å². The average molecular weight is 335 g/mol. The average Bonchev–Trinajstić information content (AvgIpc) is 3.09. The molecule has 9 heteroatoms. The fourth-order valence-electron chi connectivity index (χ4n) is 2.75. The molecule has 0 unspecified atom stereocenters. The number of carboxylic acid groups (broad SMARTS) is 1. The van der Waals surface area contributed by atoms with Crippen molar-refractivity contribution in [1.82, 2.24) is 20.0 Å². The lowest BCUT2D eigenvalue weighted by Gasteiger charge is -2.14. The quantitative estimate of drug-likeness (QED) is 0.663. The van der Waals surface area contributed by atoms with Gasteiger partial charge < -0.3 is 20.5 Å². The van der Waals surface area contributed by atoms with Gasteiger partial charge >= 0.3 is 0 Å². The lowest BCUT2D eigenvalue weighted by molar-refractivity contribution is -0.122. The highest BCUT2D eigenvalue weighted by molar-refractivity contribution is 5.32. The van der Waals surface area contributed by atoms with Gasteiger partial charge in [-0.1, -0.05) is 5.16 Å². The molecule has 2 aromatic heterocycles. The SMILES string of the molecule is Cc1cc(C[C@@H]2CN(Cc3cnc(N)nc3)C[C@@H]2O)on1.O=CO. The van der Waals surface area contributed by atoms with Crippen LogP contribution < -0.4 is 5.73 Å². The highest BCUT2D eigenvalue weighted by Crippen LogP contribution is 2.23. The lowest BCUT2D eigenvalue weighted by atomic mass is 10.0. The Balaban J connectivity index is 0.000000647. The zero-order valence-electron chi connectivity index (χ0n) is 13.4. The molecule has 9 nitrogen and oxygen atoms in total. The van der Waals surface area contributed by atoms with Gasteiger partial charge in [0.15, 0.2) is 0 Å². The van der Waals surface area contributed by atoms with Crippen LogP contribution in [0.2, 0.25) is 0 Å². The minimum Gasteiger partial charge on any atom is -0.483 e. The van der Waals surface area contributed by atoms with Crippen molar-refractivity contribution in [2.45, 2.75) is 26.0 Å². The van der Waals surface area contributed by atoms with E-state index < -0.39 is 0 Å². The molecule has 1 aliphatic heterocycles. The minimum absolute atomic E-state index is 0.159. The van der Waals surface area contributed by atoms with Crippen LogP contribution in [-0.4, -0.2) is 55.9 Å². The number of β-amino-alcohol motifs (C(OH)–C–C–N with tert-alkyl or cyclic N) is 1. The van der Waals surface area contributed by atoms with E-state index in [9.17, 15) is 5.11 Å². The van der Waals surface area contributed by atoms with Crippen LogP contribution in [0.15, 0.2) is 23.0 Å². The van der Waals surface area contributed by atoms with E-state index in [0.29, 0.717) is 19.5 Å². The first-order chi connectivity index (χ1) is 11.5. The minimum atomic E-state index is -0.356. The van der Waals surface area contributed by atoms with Crippen molar-refractivity contribution in [3.8, 4) is 0 Å². The first-order valence-electron chi connectivity index (χ1n) is 7.48. The summed E-state index contributed by atoms with van der Waals surface area (Å²) >= 11 is 0. The number of nitrogens with two attached hydrogens (primary N) is 1. The van der Waals surface area contributed by atoms with E-state index >= 15 is 0 Å². The summed E-state index contributed by atoms with van der Waals surface area (Å²) in [6.45, 7) is 3.81. The van der Waals surface area contributed by atoms with E-state index in [1.807, 2.05) is 13.0 Å². The fourth-order valence-corrected chi connectivity index (χ4v) is 2.75. The van der Waals surface area contributed by atoms with Gasteiger partial charge in [0.05, 0.1) is 11.8 Å². The molecule has 2 atom stereocenters. The lowest BCUT2D eigenvalue weighted by Crippen LogP contribution is -2.21. The molecular weight excluding hydrogens is 314 g/mol. The number of nitrogens with zero attached hydrogens (tertiary/aromatic N) is 4. The van der Waals surface area contributed by atoms with Crippen LogP contribution in [0.1, 0.15) is 17.0 Å². The van der Waals surface area contributed by atoms with Gasteiger partial charge in [-0.3, -0.25) is 9.69 Å². The van der Waals surface area contributed by atoms with Gasteiger partial charge in [0.1, 0.15) is 5.76 Å². The molecule has 1 aliphatic rings. The Labute approximate surface area is 139 Å². The first-order valence-corrected chi connectivity index (χ1v) is 7.48. The van der Waals surface area contributed by atoms with Gasteiger partial charge in [-0.2, -0.15) is 0 Å². The molecule has 0 aliphatic carbocycles. The zero-order chi connectivity index (χ0) is 17.5. The number of hydrogen-bond acceptors (Lipinski definition) is 8. The summed E-state index contributed by atoms with van der Waals surface area (Å²) in [6.07, 6.45) is 3.80. The van der Waals surface area contributed by atoms with Gasteiger partial charge in [-0.05, 0) is 6.92 Å². The number of aromatic nitrogens is 3. The molecule has 130 valence electrons. The standard InChI is InChI=1S/C14H19N5O2.CH2O2/c1-9-2-12(21-18-9)3-11-7-19(8-13(11)20)6-10-4-16-14(15)17-5-10;2-1-3/h2,4-5,11,13,20H,3,6-8H2,1H3,(H2,15,16,17);1H,(H,2,3)/t11-,13+;/m1./s1. The molecule has 0 radical (unpaired) electrons. The largest absolute Gasteiger partial charge is 0.483 e. The smallest absolute Gasteiger partial charge is 0.290 e. The maximum absolute atomic E-state index is 10.2. The second-order valence-corrected chi connectivity index (χ2v) is 5.72. The van der Waals surface area contributed by atoms with Crippen LogP contribution in [-0.2, 0) is 17.8 Å². The molecule has 1 saturated heterocycles. The van der Waals surface area contributed by atoms with E-state index in [0.717, 1.165) is 23.6 Å². The summed E-state index contributed by atoms with van der Waals surface area (Å²) in [5.74, 6) is 1.26. The van der Waals surface area contributed by atoms with E-state index in [1.54, 1.807) is 12.4 Å². The van der Waals surface area contributed by atoms with Crippen molar-refractivity contribution in [2.75, 3.05) is 18.8 Å². The van der Waals surface area contributed by atoms with Crippen LogP contribution >= 0.6 is 0 Å². The fraction of sp³-hybridized carbons (Fsp3) is 0.467. The number of likely N-dealkylation sites (tertiary alicyclic amines) is 1. The predicted octanol–water partition coefficient (Wildman–Crippen LogP) is 0.0914. The monoisotopic (exact) mass is 335 g/mol. The molecule has 3 heterocycles. The summed E-state index contributed by atoms with van der Waals surface area (Å²) in [4.78, 5) is 18.5. The van der Waals surface area contributed by atoms with E-state index in [1.165, 1.54) is 0 Å². The highest BCUT2D eigenvalue weighted by atomic mass is 16.5. The molecule has 4 N–H and O–H groups in total. The van der Waals surface area contributed by atoms with Crippen molar-refractivity contribution < 1.29 is 19.5 Å². The van der Waals surface area contributed by atoms with Gasteiger partial charge in [0.2, 0.25) is 5.95 Å². The number of nitrogen functional groups attached to an aromatic ring is 1. The maximum atomic E-state index is 10.2. The first kappa shape index (κ1) is 17.8. The Bertz CT molecular complexity index is 646. The Hall–Kier alpha value is -2.52. The molecule has 0 amide bonds. The van der Waals surface area contributed by atoms with Crippen LogP contribution in [0.25, 0.3) is 0 Å². The summed E-state index contributed by atoms with van der Waals surface area (Å²) in [5, 5.41) is 21.0. The number of anilines is 1. The van der Waals surface area contributed by atoms with Gasteiger partial charge in [0, 0.05) is 56.0 Å². The van der Waals surface area contributed by atoms with Crippen LogP contribution in [0, 0.1) is 12.8 Å². The number of aryl methyl sites for hydroxylation is 1. The topological polar surface area (TPSA) is 139 Å². The number of aliphatic hydroxyl groups is 1. The molecule has 3 rings (SSSR count). The number of hydrogen-bond donors (Lipinski definition) is 3. The molecule has 2 aromatic rings. The molecule has 0 spiro atoms. The third-order valence-corrected chi connectivity index (χ3v) is 3.75. The Morgan fingerprint density at radius 1 is 1.42 bits per heavy atom. The number of aliphatic hydroxyl groups excluding tert-OH is 1. The third kappa shape index (κ3) is 5.00. The number of rotatable bonds is 4. The second-order valence-electron chi connectivity index (χ2n) is 5.72. The van der Waals surface area contributed by atoms with E-state index in [2.05, 4.69) is 20.0 Å². The van der Waals surface area contributed by atoms with Crippen molar-refractivity contribution >= 4 is 12.4 Å². The Morgan fingerprint density at radius 2 is 2.08 bits per heavy atom. The van der Waals surface area contributed by atoms with Crippen molar-refractivity contribution in [3.63, 3.8) is 0 Å². The summed E-state index contributed by atoms with van der Waals surface area (Å²) in [6, 6.07) is 1.92. The van der Waals surface area contributed by atoms with Gasteiger partial charge in [0.25, 0.3) is 6.47 Å². The van der Waals surface area contributed by atoms with Crippen LogP contribution in [0.3, 0.4) is 0 Å². The molecule has 24 heavy (non-hydrogen) atoms. The Kier molecular flexibility index (Phi) is 6.21. The number of carbonyl (C=O) groups is 1. The predicted molar refractivity (Wildman–Crippen MR) is 84.9 cm³/mol. The van der Waals surface area contributed by atoms with Crippen LogP contribution in [0.4, 0.5) is 5.95 Å². The summed E-state index contributed by atoms with van der Waals surface area (Å²) in [7, 11) is 0. The summed E-state index contributed by atoms with van der Waals surface area (Å²) in [5.41, 5.74) is 7.34. The normalized spacial score (nSPS) is 20.4. The molecule has 0 aromatic carbocycles. The van der Waals surface area contributed by atoms with Crippen molar-refractivity contribution in [2.24, 2.45) is 5.92 Å². The van der Waals surface area contributed by atoms with E-state index in [-0.39, 0.29) is 24.4 Å².